The quantitative estimate of drug-likeness (QED) is 0.504. The van der Waals surface area contributed by atoms with Gasteiger partial charge in [-0.1, -0.05) is 0 Å². The van der Waals surface area contributed by atoms with Crippen molar-refractivity contribution in [1.82, 2.24) is 14.9 Å². The van der Waals surface area contributed by atoms with Crippen molar-refractivity contribution in [2.24, 2.45) is 0 Å². The van der Waals surface area contributed by atoms with E-state index in [0.29, 0.717) is 5.65 Å². The van der Waals surface area contributed by atoms with Crippen LogP contribution in [0.2, 0.25) is 0 Å². The number of pyridine rings is 1. The number of Topliss-reactive ketones (excluding diaryl/α,β-unsaturated/α-hetero) is 1. The molecule has 0 spiro atoms. The van der Waals surface area contributed by atoms with E-state index in [9.17, 15) is 9.59 Å². The van der Waals surface area contributed by atoms with Gasteiger partial charge in [-0.05, 0) is 39.0 Å². The van der Waals surface area contributed by atoms with Crippen LogP contribution in [-0.2, 0) is 19.1 Å². The highest BCUT2D eigenvalue weighted by molar-refractivity contribution is 6.26. The number of ether oxygens (including phenoxy) is 2. The Labute approximate surface area is 151 Å². The Balaban J connectivity index is 2.02. The van der Waals surface area contributed by atoms with Crippen LogP contribution in [0.4, 0.5) is 0 Å². The first-order valence-corrected chi connectivity index (χ1v) is 8.44. The molecule has 0 amide bonds. The number of aromatic nitrogens is 2. The number of fused-ring (bicyclic) bond motifs is 1. The molecule has 0 aliphatic carbocycles. The first-order chi connectivity index (χ1) is 12.4. The number of nitrogens with zero attached hydrogens (tertiary/aromatic N) is 2. The largest absolute Gasteiger partial charge is 0.462 e. The van der Waals surface area contributed by atoms with Gasteiger partial charge in [-0.3, -0.25) is 4.79 Å². The summed E-state index contributed by atoms with van der Waals surface area (Å²) in [5, 5.41) is 0.861. The van der Waals surface area contributed by atoms with Gasteiger partial charge in [-0.2, -0.15) is 0 Å². The van der Waals surface area contributed by atoms with Crippen LogP contribution in [0.3, 0.4) is 0 Å². The van der Waals surface area contributed by atoms with E-state index in [4.69, 9.17) is 9.47 Å². The molecule has 1 N–H and O–H groups in total. The van der Waals surface area contributed by atoms with E-state index in [0.717, 1.165) is 10.9 Å². The second-order valence-electron chi connectivity index (χ2n) is 6.19. The van der Waals surface area contributed by atoms with Gasteiger partial charge in [0.1, 0.15) is 5.65 Å². The molecule has 3 heterocycles. The summed E-state index contributed by atoms with van der Waals surface area (Å²) in [5.74, 6) is -0.860. The molecular weight excluding hydrogens is 334 g/mol. The number of carbonyl (C=O) groups excluding carboxylic acids is 2. The van der Waals surface area contributed by atoms with Crippen molar-refractivity contribution in [2.75, 3.05) is 13.7 Å². The van der Waals surface area contributed by atoms with E-state index in [1.54, 1.807) is 37.3 Å². The summed E-state index contributed by atoms with van der Waals surface area (Å²) in [5.41, 5.74) is 1.39. The molecule has 0 atom stereocenters. The van der Waals surface area contributed by atoms with Gasteiger partial charge >= 0.3 is 5.97 Å². The third-order valence-electron chi connectivity index (χ3n) is 4.22. The summed E-state index contributed by atoms with van der Waals surface area (Å²) in [4.78, 5) is 34.1. The highest BCUT2D eigenvalue weighted by Crippen LogP contribution is 2.31. The fraction of sp³-hybridized carbons (Fsp3) is 0.316. The Morgan fingerprint density at radius 1 is 1.46 bits per heavy atom. The van der Waals surface area contributed by atoms with Gasteiger partial charge < -0.3 is 19.4 Å². The first-order valence-electron chi connectivity index (χ1n) is 8.44. The van der Waals surface area contributed by atoms with Crippen LogP contribution in [0.25, 0.3) is 17.1 Å². The average Bonchev–Trinajstić information content (AvgIpc) is 3.16. The Bertz CT molecular complexity index is 924. The van der Waals surface area contributed by atoms with Crippen LogP contribution in [0.1, 0.15) is 26.3 Å². The summed E-state index contributed by atoms with van der Waals surface area (Å²) < 4.78 is 10.8. The van der Waals surface area contributed by atoms with Crippen molar-refractivity contribution in [3.05, 3.63) is 47.3 Å². The highest BCUT2D eigenvalue weighted by Gasteiger charge is 2.39. The van der Waals surface area contributed by atoms with E-state index in [2.05, 4.69) is 9.97 Å². The maximum absolute atomic E-state index is 12.8. The third-order valence-corrected chi connectivity index (χ3v) is 4.22. The van der Waals surface area contributed by atoms with E-state index in [1.807, 2.05) is 26.0 Å². The molecule has 136 valence electrons. The van der Waals surface area contributed by atoms with Crippen molar-refractivity contribution >= 4 is 28.9 Å². The lowest BCUT2D eigenvalue weighted by molar-refractivity contribution is -0.139. The normalized spacial score (nSPS) is 15.9. The lowest BCUT2D eigenvalue weighted by Gasteiger charge is -2.24. The van der Waals surface area contributed by atoms with Crippen LogP contribution in [0, 0.1) is 0 Å². The molecule has 1 aliphatic heterocycles. The fourth-order valence-corrected chi connectivity index (χ4v) is 2.62. The Hall–Kier alpha value is -3.09. The number of carbonyl (C=O) groups is 2. The molecule has 0 saturated carbocycles. The number of hydrogen-bond acceptors (Lipinski definition) is 6. The standard InChI is InChI=1S/C19H21N3O4/c1-5-25-19(24)15-16(23)14(26-18(15)22(4)11(2)3)9-12-10-21-17-13(12)7-6-8-20-17/h6-11H,5H2,1-4H3,(H,20,21)/b14-9-. The zero-order chi connectivity index (χ0) is 18.8. The van der Waals surface area contributed by atoms with Gasteiger partial charge in [-0.15, -0.1) is 0 Å². The van der Waals surface area contributed by atoms with Crippen molar-refractivity contribution in [2.45, 2.75) is 26.8 Å². The lowest BCUT2D eigenvalue weighted by Crippen LogP contribution is -2.28. The van der Waals surface area contributed by atoms with Gasteiger partial charge in [0.25, 0.3) is 0 Å². The molecule has 0 bridgehead atoms. The zero-order valence-corrected chi connectivity index (χ0v) is 15.2. The number of rotatable bonds is 5. The average molecular weight is 355 g/mol. The molecule has 26 heavy (non-hydrogen) atoms. The van der Waals surface area contributed by atoms with Crippen LogP contribution < -0.4 is 0 Å². The minimum absolute atomic E-state index is 0.0406. The monoisotopic (exact) mass is 355 g/mol. The molecule has 2 aromatic heterocycles. The maximum Gasteiger partial charge on any atom is 0.347 e. The minimum atomic E-state index is -0.677. The second kappa shape index (κ2) is 7.03. The highest BCUT2D eigenvalue weighted by atomic mass is 16.5. The summed E-state index contributed by atoms with van der Waals surface area (Å²) in [7, 11) is 1.77. The molecule has 1 aliphatic rings. The van der Waals surface area contributed by atoms with Crippen molar-refractivity contribution < 1.29 is 19.1 Å². The molecule has 0 radical (unpaired) electrons. The fourth-order valence-electron chi connectivity index (χ4n) is 2.62. The predicted molar refractivity (Wildman–Crippen MR) is 96.7 cm³/mol. The predicted octanol–water partition coefficient (Wildman–Crippen LogP) is 2.62. The van der Waals surface area contributed by atoms with Crippen LogP contribution in [-0.4, -0.2) is 46.3 Å². The number of allylic oxidation sites excluding steroid dienone is 1. The van der Waals surface area contributed by atoms with Crippen molar-refractivity contribution in [1.29, 1.82) is 0 Å². The van der Waals surface area contributed by atoms with E-state index in [1.165, 1.54) is 0 Å². The van der Waals surface area contributed by atoms with Gasteiger partial charge in [0.05, 0.1) is 6.61 Å². The first kappa shape index (κ1) is 17.7. The number of nitrogens with one attached hydrogen (secondary N) is 1. The zero-order valence-electron chi connectivity index (χ0n) is 15.2. The molecule has 0 fully saturated rings. The summed E-state index contributed by atoms with van der Waals surface area (Å²) in [6, 6.07) is 3.75. The SMILES string of the molecule is CCOC(=O)C1=C(N(C)C(C)C)O/C(=C\c2c[nH]c3ncccc23)C1=O. The van der Waals surface area contributed by atoms with E-state index in [-0.39, 0.29) is 29.9 Å². The molecule has 7 heteroatoms. The Morgan fingerprint density at radius 2 is 2.23 bits per heavy atom. The lowest BCUT2D eigenvalue weighted by atomic mass is 10.1. The van der Waals surface area contributed by atoms with Crippen molar-refractivity contribution in [3.8, 4) is 0 Å². The molecule has 0 unspecified atom stereocenters. The third kappa shape index (κ3) is 3.08. The molecule has 0 saturated heterocycles. The van der Waals surface area contributed by atoms with Gasteiger partial charge in [0.15, 0.2) is 11.3 Å². The summed E-state index contributed by atoms with van der Waals surface area (Å²) >= 11 is 0. The summed E-state index contributed by atoms with van der Waals surface area (Å²) in [6.07, 6.45) is 5.04. The topological polar surface area (TPSA) is 84.5 Å². The smallest absolute Gasteiger partial charge is 0.347 e. The van der Waals surface area contributed by atoms with E-state index < -0.39 is 11.8 Å². The minimum Gasteiger partial charge on any atom is -0.462 e. The molecule has 2 aromatic rings. The van der Waals surface area contributed by atoms with Crippen molar-refractivity contribution in [3.63, 3.8) is 0 Å². The van der Waals surface area contributed by atoms with Gasteiger partial charge in [0, 0.05) is 36.4 Å². The molecular formula is C19H21N3O4. The molecule has 3 rings (SSSR count). The number of hydrogen-bond donors (Lipinski definition) is 1. The molecule has 7 nitrogen and oxygen atoms in total. The number of H-pyrrole nitrogens is 1. The van der Waals surface area contributed by atoms with Crippen LogP contribution >= 0.6 is 0 Å². The number of ketones is 1. The Morgan fingerprint density at radius 3 is 2.92 bits per heavy atom. The Kier molecular flexibility index (Phi) is 4.79. The summed E-state index contributed by atoms with van der Waals surface area (Å²) in [6.45, 7) is 5.76. The van der Waals surface area contributed by atoms with Gasteiger partial charge in [0.2, 0.25) is 11.7 Å². The van der Waals surface area contributed by atoms with Crippen LogP contribution in [0.5, 0.6) is 0 Å². The van der Waals surface area contributed by atoms with Crippen LogP contribution in [0.15, 0.2) is 41.7 Å². The second-order valence-corrected chi connectivity index (χ2v) is 6.19. The van der Waals surface area contributed by atoms with Gasteiger partial charge in [-0.25, -0.2) is 9.78 Å². The molecule has 0 aromatic carbocycles. The maximum atomic E-state index is 12.8. The number of esters is 1. The van der Waals surface area contributed by atoms with E-state index >= 15 is 0 Å². The number of aromatic amines is 1.